The monoisotopic (exact) mass is 383 g/mol. The molecule has 0 unspecified atom stereocenters. The van der Waals surface area contributed by atoms with Gasteiger partial charge in [-0.25, -0.2) is 19.3 Å². The van der Waals surface area contributed by atoms with Gasteiger partial charge >= 0.3 is 0 Å². The maximum Gasteiger partial charge on any atom is 0.223 e. The molecule has 1 aliphatic heterocycles. The summed E-state index contributed by atoms with van der Waals surface area (Å²) >= 11 is 1.47. The van der Waals surface area contributed by atoms with Crippen LogP contribution in [-0.2, 0) is 5.54 Å². The van der Waals surface area contributed by atoms with E-state index in [1.165, 1.54) is 23.8 Å². The van der Waals surface area contributed by atoms with E-state index in [0.717, 1.165) is 29.2 Å². The van der Waals surface area contributed by atoms with E-state index in [2.05, 4.69) is 35.9 Å². The molecule has 0 aliphatic carbocycles. The van der Waals surface area contributed by atoms with E-state index in [1.807, 2.05) is 13.8 Å². The lowest BCUT2D eigenvalue weighted by atomic mass is 9.99. The number of pyridine rings is 1. The van der Waals surface area contributed by atoms with Crippen molar-refractivity contribution in [3.8, 4) is 10.6 Å². The SMILES string of the molecule is CC(C)(Nc1ncc(-c2nc([C@H]3CCCN3)[c]s2)cn1)c1ncccc1F. The number of nitrogens with zero attached hydrogens (tertiary/aromatic N) is 4. The van der Waals surface area contributed by atoms with Gasteiger partial charge in [0.05, 0.1) is 22.7 Å². The summed E-state index contributed by atoms with van der Waals surface area (Å²) in [5.41, 5.74) is 1.37. The lowest BCUT2D eigenvalue weighted by molar-refractivity contribution is 0.510. The van der Waals surface area contributed by atoms with Crippen molar-refractivity contribution in [2.75, 3.05) is 11.9 Å². The summed E-state index contributed by atoms with van der Waals surface area (Å²) in [5, 5.41) is 10.7. The molecule has 0 saturated carbocycles. The molecule has 2 N–H and O–H groups in total. The van der Waals surface area contributed by atoms with Gasteiger partial charge in [-0.05, 0) is 45.4 Å². The number of rotatable bonds is 5. The zero-order chi connectivity index (χ0) is 18.9. The smallest absolute Gasteiger partial charge is 0.223 e. The normalized spacial score (nSPS) is 17.2. The first kappa shape index (κ1) is 17.9. The molecule has 0 bridgehead atoms. The quantitative estimate of drug-likeness (QED) is 0.700. The first-order valence-electron chi connectivity index (χ1n) is 8.86. The van der Waals surface area contributed by atoms with Crippen molar-refractivity contribution in [3.05, 3.63) is 53.3 Å². The van der Waals surface area contributed by atoms with E-state index in [9.17, 15) is 4.39 Å². The molecule has 139 valence electrons. The van der Waals surface area contributed by atoms with E-state index in [1.54, 1.807) is 24.7 Å². The maximum atomic E-state index is 14.0. The van der Waals surface area contributed by atoms with E-state index in [0.29, 0.717) is 17.7 Å². The van der Waals surface area contributed by atoms with E-state index in [-0.39, 0.29) is 5.82 Å². The number of hydrogen-bond donors (Lipinski definition) is 2. The third-order valence-corrected chi connectivity index (χ3v) is 5.37. The highest BCUT2D eigenvalue weighted by atomic mass is 32.1. The summed E-state index contributed by atoms with van der Waals surface area (Å²) in [6.07, 6.45) is 7.28. The lowest BCUT2D eigenvalue weighted by Gasteiger charge is -2.25. The van der Waals surface area contributed by atoms with Gasteiger partial charge in [0.15, 0.2) is 0 Å². The zero-order valence-electron chi connectivity index (χ0n) is 15.2. The van der Waals surface area contributed by atoms with E-state index < -0.39 is 5.54 Å². The second kappa shape index (κ2) is 7.28. The van der Waals surface area contributed by atoms with Gasteiger partial charge in [0.25, 0.3) is 0 Å². The minimum Gasteiger partial charge on any atom is -0.344 e. The van der Waals surface area contributed by atoms with E-state index >= 15 is 0 Å². The minimum absolute atomic E-state index is 0.297. The molecular formula is C19H20FN6S. The molecule has 8 heteroatoms. The molecule has 0 amide bonds. The molecule has 0 aromatic carbocycles. The minimum atomic E-state index is -0.747. The van der Waals surface area contributed by atoms with Crippen molar-refractivity contribution in [1.29, 1.82) is 0 Å². The van der Waals surface area contributed by atoms with Gasteiger partial charge in [-0.2, -0.15) is 0 Å². The number of aromatic nitrogens is 4. The van der Waals surface area contributed by atoms with Crippen LogP contribution in [0.3, 0.4) is 0 Å². The lowest BCUT2D eigenvalue weighted by Crippen LogP contribution is -2.31. The van der Waals surface area contributed by atoms with Crippen LogP contribution in [0.15, 0.2) is 30.7 Å². The fraction of sp³-hybridized carbons (Fsp3) is 0.368. The van der Waals surface area contributed by atoms with Crippen LogP contribution in [0.2, 0.25) is 0 Å². The maximum absolute atomic E-state index is 14.0. The molecule has 4 rings (SSSR count). The van der Waals surface area contributed by atoms with Crippen LogP contribution in [0.4, 0.5) is 10.3 Å². The molecule has 0 spiro atoms. The molecule has 3 aromatic heterocycles. The summed E-state index contributed by atoms with van der Waals surface area (Å²) in [6, 6.07) is 3.26. The molecule has 3 aromatic rings. The molecule has 1 fully saturated rings. The third kappa shape index (κ3) is 3.81. The first-order chi connectivity index (χ1) is 13.0. The molecule has 1 atom stereocenters. The fourth-order valence-electron chi connectivity index (χ4n) is 3.13. The largest absolute Gasteiger partial charge is 0.344 e. The van der Waals surface area contributed by atoms with Crippen molar-refractivity contribution in [3.63, 3.8) is 0 Å². The second-order valence-electron chi connectivity index (χ2n) is 7.03. The van der Waals surface area contributed by atoms with Gasteiger partial charge in [-0.3, -0.25) is 4.98 Å². The highest BCUT2D eigenvalue weighted by molar-refractivity contribution is 7.12. The molecule has 4 heterocycles. The average molecular weight is 383 g/mol. The third-order valence-electron chi connectivity index (χ3n) is 4.54. The Morgan fingerprint density at radius 1 is 1.30 bits per heavy atom. The van der Waals surface area contributed by atoms with Gasteiger partial charge < -0.3 is 10.6 Å². The van der Waals surface area contributed by atoms with Crippen LogP contribution < -0.4 is 10.6 Å². The van der Waals surface area contributed by atoms with Crippen LogP contribution in [0.5, 0.6) is 0 Å². The number of nitrogens with one attached hydrogen (secondary N) is 2. The highest BCUT2D eigenvalue weighted by Crippen LogP contribution is 2.29. The molecule has 27 heavy (non-hydrogen) atoms. The molecule has 6 nitrogen and oxygen atoms in total. The Labute approximate surface area is 161 Å². The Bertz CT molecular complexity index is 918. The van der Waals surface area contributed by atoms with Gasteiger partial charge in [-0.1, -0.05) is 0 Å². The summed E-state index contributed by atoms with van der Waals surface area (Å²) in [4.78, 5) is 17.5. The molecule has 1 saturated heterocycles. The van der Waals surface area contributed by atoms with Gasteiger partial charge in [0.2, 0.25) is 5.95 Å². The molecular weight excluding hydrogens is 363 g/mol. The standard InChI is InChI=1S/C19H20FN6S/c1-19(2,16-13(20)5-3-8-22-16)26-18-23-9-12(10-24-18)17-25-15(11-27-17)14-6-4-7-21-14/h3,5,8-10,14,21H,4,6-7H2,1-2H3,(H,23,24,26)/t14-/m1/s1. The predicted molar refractivity (Wildman–Crippen MR) is 103 cm³/mol. The van der Waals surface area contributed by atoms with Crippen molar-refractivity contribution < 1.29 is 4.39 Å². The van der Waals surface area contributed by atoms with Crippen LogP contribution in [0, 0.1) is 11.2 Å². The van der Waals surface area contributed by atoms with Crippen LogP contribution in [0.25, 0.3) is 10.6 Å². The second-order valence-corrected chi connectivity index (χ2v) is 7.83. The van der Waals surface area contributed by atoms with Gasteiger partial charge in [0, 0.05) is 24.2 Å². The molecule has 1 aliphatic rings. The number of thiazole rings is 1. The molecule has 1 radical (unpaired) electrons. The Hall–Kier alpha value is -2.45. The first-order valence-corrected chi connectivity index (χ1v) is 9.68. The highest BCUT2D eigenvalue weighted by Gasteiger charge is 2.26. The predicted octanol–water partition coefficient (Wildman–Crippen LogP) is 3.71. The summed E-state index contributed by atoms with van der Waals surface area (Å²) < 4.78 is 14.0. The summed E-state index contributed by atoms with van der Waals surface area (Å²) in [6.45, 7) is 4.71. The Balaban J connectivity index is 1.50. The Morgan fingerprint density at radius 3 is 2.81 bits per heavy atom. The average Bonchev–Trinajstić information content (AvgIpc) is 3.34. The number of halogens is 1. The van der Waals surface area contributed by atoms with Crippen LogP contribution in [0.1, 0.15) is 44.1 Å². The van der Waals surface area contributed by atoms with Crippen molar-refractivity contribution >= 4 is 17.3 Å². The van der Waals surface area contributed by atoms with Crippen molar-refractivity contribution in [2.45, 2.75) is 38.3 Å². The Morgan fingerprint density at radius 2 is 2.11 bits per heavy atom. The zero-order valence-corrected chi connectivity index (χ0v) is 16.0. The van der Waals surface area contributed by atoms with Crippen LogP contribution in [-0.4, -0.2) is 26.5 Å². The topological polar surface area (TPSA) is 75.6 Å². The summed E-state index contributed by atoms with van der Waals surface area (Å²) in [7, 11) is 0. The fourth-order valence-corrected chi connectivity index (χ4v) is 3.89. The summed E-state index contributed by atoms with van der Waals surface area (Å²) in [5.74, 6) is 0.0463. The number of hydrogen-bond acceptors (Lipinski definition) is 7. The van der Waals surface area contributed by atoms with Gasteiger partial charge in [-0.15, -0.1) is 11.3 Å². The van der Waals surface area contributed by atoms with E-state index in [4.69, 9.17) is 0 Å². The number of anilines is 1. The van der Waals surface area contributed by atoms with Crippen LogP contribution >= 0.6 is 11.3 Å². The van der Waals surface area contributed by atoms with Crippen molar-refractivity contribution in [1.82, 2.24) is 25.3 Å². The van der Waals surface area contributed by atoms with Gasteiger partial charge in [0.1, 0.15) is 16.5 Å². The van der Waals surface area contributed by atoms with Crippen molar-refractivity contribution in [2.24, 2.45) is 0 Å². The Kier molecular flexibility index (Phi) is 4.84.